The fourth-order valence-electron chi connectivity index (χ4n) is 3.26. The van der Waals surface area contributed by atoms with E-state index in [1.165, 1.54) is 4.57 Å². The molecule has 0 saturated heterocycles. The van der Waals surface area contributed by atoms with Gasteiger partial charge < -0.3 is 16.4 Å². The standard InChI is InChI=1S/C22H25N5O2/c1-4-8-15-9-6-12-18-19(15)21(28)27(20(26-18)14(3)23)17-11-7-10-16(13-17)25-22(29)24-5-2/h4,6-7,9-14H,1,5,8,23H2,2-3H3,(H2,24,25,29)/t14-/m0/s1. The van der Waals surface area contributed by atoms with Crippen LogP contribution in [0.1, 0.15) is 31.3 Å². The summed E-state index contributed by atoms with van der Waals surface area (Å²) in [5, 5.41) is 5.98. The molecule has 0 aliphatic rings. The molecule has 1 atom stereocenters. The third-order valence-electron chi connectivity index (χ3n) is 4.48. The van der Waals surface area contributed by atoms with Gasteiger partial charge in [0.05, 0.1) is 22.6 Å². The van der Waals surface area contributed by atoms with E-state index in [4.69, 9.17) is 5.73 Å². The highest BCUT2D eigenvalue weighted by Gasteiger charge is 2.17. The van der Waals surface area contributed by atoms with Crippen molar-refractivity contribution in [3.8, 4) is 5.69 Å². The van der Waals surface area contributed by atoms with Gasteiger partial charge in [-0.15, -0.1) is 6.58 Å². The van der Waals surface area contributed by atoms with E-state index < -0.39 is 6.04 Å². The maximum atomic E-state index is 13.5. The molecule has 7 nitrogen and oxygen atoms in total. The lowest BCUT2D eigenvalue weighted by Crippen LogP contribution is -2.29. The van der Waals surface area contributed by atoms with Gasteiger partial charge in [0.1, 0.15) is 5.82 Å². The van der Waals surface area contributed by atoms with E-state index in [-0.39, 0.29) is 11.6 Å². The molecule has 0 spiro atoms. The van der Waals surface area contributed by atoms with E-state index in [1.54, 1.807) is 37.3 Å². The van der Waals surface area contributed by atoms with Gasteiger partial charge in [-0.05, 0) is 50.1 Å². The van der Waals surface area contributed by atoms with Gasteiger partial charge in [-0.1, -0.05) is 24.3 Å². The molecule has 0 bridgehead atoms. The molecule has 0 unspecified atom stereocenters. The Morgan fingerprint density at radius 1 is 1.31 bits per heavy atom. The summed E-state index contributed by atoms with van der Waals surface area (Å²) in [6.07, 6.45) is 2.32. The van der Waals surface area contributed by atoms with Crippen LogP contribution in [0.3, 0.4) is 0 Å². The summed E-state index contributed by atoms with van der Waals surface area (Å²) in [7, 11) is 0. The Balaban J connectivity index is 2.23. The number of anilines is 1. The van der Waals surface area contributed by atoms with Crippen LogP contribution in [0.15, 0.2) is 59.9 Å². The number of amides is 2. The first kappa shape index (κ1) is 20.3. The Labute approximate surface area is 169 Å². The van der Waals surface area contributed by atoms with E-state index in [2.05, 4.69) is 22.2 Å². The number of rotatable bonds is 6. The summed E-state index contributed by atoms with van der Waals surface area (Å²) in [6.45, 7) is 7.92. The Kier molecular flexibility index (Phi) is 6.09. The molecule has 1 aromatic heterocycles. The first-order valence-corrected chi connectivity index (χ1v) is 9.52. The molecule has 150 valence electrons. The summed E-state index contributed by atoms with van der Waals surface area (Å²) in [5.41, 5.74) is 8.56. The number of fused-ring (bicyclic) bond motifs is 1. The van der Waals surface area contributed by atoms with Gasteiger partial charge in [-0.2, -0.15) is 0 Å². The van der Waals surface area contributed by atoms with E-state index >= 15 is 0 Å². The predicted octanol–water partition coefficient (Wildman–Crippen LogP) is 3.28. The fraction of sp³-hybridized carbons (Fsp3) is 0.227. The Morgan fingerprint density at radius 2 is 2.07 bits per heavy atom. The highest BCUT2D eigenvalue weighted by Crippen LogP contribution is 2.21. The van der Waals surface area contributed by atoms with Crippen molar-refractivity contribution < 1.29 is 4.79 Å². The number of nitrogens with one attached hydrogen (secondary N) is 2. The molecule has 7 heteroatoms. The van der Waals surface area contributed by atoms with E-state index in [9.17, 15) is 9.59 Å². The zero-order valence-corrected chi connectivity index (χ0v) is 16.6. The third kappa shape index (κ3) is 4.20. The average molecular weight is 391 g/mol. The molecule has 0 saturated carbocycles. The summed E-state index contributed by atoms with van der Waals surface area (Å²) < 4.78 is 1.52. The van der Waals surface area contributed by atoms with E-state index in [0.29, 0.717) is 41.1 Å². The second-order valence-electron chi connectivity index (χ2n) is 6.74. The molecule has 0 aliphatic heterocycles. The molecule has 2 amide bonds. The van der Waals surface area contributed by atoms with Gasteiger partial charge in [0.2, 0.25) is 0 Å². The average Bonchev–Trinajstić information content (AvgIpc) is 2.68. The molecule has 4 N–H and O–H groups in total. The lowest BCUT2D eigenvalue weighted by molar-refractivity contribution is 0.252. The summed E-state index contributed by atoms with van der Waals surface area (Å²) in [4.78, 5) is 30.1. The van der Waals surface area contributed by atoms with E-state index in [1.807, 2.05) is 25.1 Å². The van der Waals surface area contributed by atoms with Crippen LogP contribution in [0.2, 0.25) is 0 Å². The number of aromatic nitrogens is 2. The number of carbonyl (C=O) groups excluding carboxylic acids is 1. The van der Waals surface area contributed by atoms with Crippen molar-refractivity contribution in [2.75, 3.05) is 11.9 Å². The highest BCUT2D eigenvalue weighted by atomic mass is 16.2. The van der Waals surface area contributed by atoms with Gasteiger partial charge in [0, 0.05) is 12.2 Å². The molecular weight excluding hydrogens is 366 g/mol. The number of carbonyl (C=O) groups is 1. The molecule has 0 radical (unpaired) electrons. The summed E-state index contributed by atoms with van der Waals surface area (Å²) in [6, 6.07) is 11.9. The van der Waals surface area contributed by atoms with Crippen molar-refractivity contribution in [3.05, 3.63) is 76.9 Å². The van der Waals surface area contributed by atoms with E-state index in [0.717, 1.165) is 5.56 Å². The second-order valence-corrected chi connectivity index (χ2v) is 6.74. The Morgan fingerprint density at radius 3 is 2.76 bits per heavy atom. The Hall–Kier alpha value is -3.45. The van der Waals surface area contributed by atoms with Crippen molar-refractivity contribution in [2.45, 2.75) is 26.3 Å². The maximum Gasteiger partial charge on any atom is 0.319 e. The zero-order chi connectivity index (χ0) is 21.0. The third-order valence-corrected chi connectivity index (χ3v) is 4.48. The molecule has 29 heavy (non-hydrogen) atoms. The smallest absolute Gasteiger partial charge is 0.319 e. The number of nitrogens with zero attached hydrogens (tertiary/aromatic N) is 2. The topological polar surface area (TPSA) is 102 Å². The van der Waals surface area contributed by atoms with Gasteiger partial charge in [-0.3, -0.25) is 9.36 Å². The molecule has 1 heterocycles. The summed E-state index contributed by atoms with van der Waals surface area (Å²) in [5.74, 6) is 0.452. The minimum Gasteiger partial charge on any atom is -0.338 e. The van der Waals surface area contributed by atoms with Crippen LogP contribution in [0.4, 0.5) is 10.5 Å². The zero-order valence-electron chi connectivity index (χ0n) is 16.6. The number of urea groups is 1. The van der Waals surface area contributed by atoms with Crippen LogP contribution in [0, 0.1) is 0 Å². The molecule has 2 aromatic carbocycles. The lowest BCUT2D eigenvalue weighted by atomic mass is 10.1. The van der Waals surface area contributed by atoms with Crippen molar-refractivity contribution in [3.63, 3.8) is 0 Å². The number of nitrogens with two attached hydrogens (primary N) is 1. The SMILES string of the molecule is C=CCc1cccc2nc([C@H](C)N)n(-c3cccc(NC(=O)NCC)c3)c(=O)c12. The van der Waals surface area contributed by atoms with Gasteiger partial charge >= 0.3 is 6.03 Å². The quantitative estimate of drug-likeness (QED) is 0.561. The number of benzene rings is 2. The molecule has 0 aliphatic carbocycles. The number of allylic oxidation sites excluding steroid dienone is 1. The predicted molar refractivity (Wildman–Crippen MR) is 117 cm³/mol. The lowest BCUT2D eigenvalue weighted by Gasteiger charge is -2.18. The van der Waals surface area contributed by atoms with Gasteiger partial charge in [-0.25, -0.2) is 9.78 Å². The van der Waals surface area contributed by atoms with Crippen LogP contribution in [0.5, 0.6) is 0 Å². The normalized spacial score (nSPS) is 11.8. The van der Waals surface area contributed by atoms with Gasteiger partial charge in [0.15, 0.2) is 0 Å². The van der Waals surface area contributed by atoms with Crippen molar-refractivity contribution in [1.29, 1.82) is 0 Å². The highest BCUT2D eigenvalue weighted by molar-refractivity contribution is 5.89. The van der Waals surface area contributed by atoms with Crippen LogP contribution in [0.25, 0.3) is 16.6 Å². The maximum absolute atomic E-state index is 13.5. The van der Waals surface area contributed by atoms with Crippen LogP contribution in [-0.2, 0) is 6.42 Å². The fourth-order valence-corrected chi connectivity index (χ4v) is 3.26. The first-order valence-electron chi connectivity index (χ1n) is 9.52. The van der Waals surface area contributed by atoms with Crippen LogP contribution in [-0.4, -0.2) is 22.1 Å². The second kappa shape index (κ2) is 8.70. The largest absolute Gasteiger partial charge is 0.338 e. The van der Waals surface area contributed by atoms with Crippen molar-refractivity contribution >= 4 is 22.6 Å². The van der Waals surface area contributed by atoms with Crippen LogP contribution >= 0.6 is 0 Å². The molecule has 3 rings (SSSR count). The molecule has 3 aromatic rings. The van der Waals surface area contributed by atoms with Crippen molar-refractivity contribution in [1.82, 2.24) is 14.9 Å². The van der Waals surface area contributed by atoms with Crippen LogP contribution < -0.4 is 21.9 Å². The van der Waals surface area contributed by atoms with Crippen molar-refractivity contribution in [2.24, 2.45) is 5.73 Å². The monoisotopic (exact) mass is 391 g/mol. The number of hydrogen-bond acceptors (Lipinski definition) is 4. The first-order chi connectivity index (χ1) is 14.0. The summed E-state index contributed by atoms with van der Waals surface area (Å²) >= 11 is 0. The minimum atomic E-state index is -0.463. The Bertz CT molecular complexity index is 1120. The molecular formula is C22H25N5O2. The molecule has 0 fully saturated rings. The number of hydrogen-bond donors (Lipinski definition) is 3. The minimum absolute atomic E-state index is 0.199. The van der Waals surface area contributed by atoms with Gasteiger partial charge in [0.25, 0.3) is 5.56 Å².